The van der Waals surface area contributed by atoms with Gasteiger partial charge in [0, 0.05) is 6.42 Å². The second kappa shape index (κ2) is 8.99. The Morgan fingerprint density at radius 3 is 2.58 bits per heavy atom. The van der Waals surface area contributed by atoms with E-state index in [2.05, 4.69) is 18.8 Å². The highest BCUT2D eigenvalue weighted by Crippen LogP contribution is 2.08. The lowest BCUT2D eigenvalue weighted by atomic mass is 10.1. The molecular formula is C17H20O2. The van der Waals surface area contributed by atoms with E-state index in [1.165, 1.54) is 0 Å². The maximum absolute atomic E-state index is 11.9. The van der Waals surface area contributed by atoms with Gasteiger partial charge >= 0.3 is 5.97 Å². The molecular weight excluding hydrogens is 236 g/mol. The molecule has 0 atom stereocenters. The second-order valence-electron chi connectivity index (χ2n) is 4.16. The Hall–Kier alpha value is -2.01. The van der Waals surface area contributed by atoms with Crippen molar-refractivity contribution in [1.29, 1.82) is 0 Å². The lowest BCUT2D eigenvalue weighted by Gasteiger charge is -2.02. The molecule has 0 unspecified atom stereocenters. The normalized spacial score (nSPS) is 10.5. The fourth-order valence-corrected chi connectivity index (χ4v) is 1.42. The number of unbranched alkanes of at least 4 members (excludes halogenated alkanes) is 1. The third-order valence-corrected chi connectivity index (χ3v) is 2.37. The third kappa shape index (κ3) is 5.92. The Kier molecular flexibility index (Phi) is 7.12. The summed E-state index contributed by atoms with van der Waals surface area (Å²) in [5.41, 5.74) is 1.38. The number of hydrogen-bond donors (Lipinski definition) is 0. The molecule has 0 radical (unpaired) electrons. The first-order valence-corrected chi connectivity index (χ1v) is 6.70. The number of benzene rings is 1. The monoisotopic (exact) mass is 256 g/mol. The summed E-state index contributed by atoms with van der Waals surface area (Å²) >= 11 is 0. The van der Waals surface area contributed by atoms with Crippen molar-refractivity contribution in [2.24, 2.45) is 0 Å². The lowest BCUT2D eigenvalue weighted by Crippen LogP contribution is -2.07. The van der Waals surface area contributed by atoms with Crippen molar-refractivity contribution in [3.05, 3.63) is 41.5 Å². The Morgan fingerprint density at radius 1 is 1.21 bits per heavy atom. The predicted molar refractivity (Wildman–Crippen MR) is 78.4 cm³/mol. The van der Waals surface area contributed by atoms with Crippen molar-refractivity contribution in [2.45, 2.75) is 33.1 Å². The first kappa shape index (κ1) is 15.0. The number of hydrogen-bond acceptors (Lipinski definition) is 2. The van der Waals surface area contributed by atoms with Gasteiger partial charge in [0.15, 0.2) is 0 Å². The van der Waals surface area contributed by atoms with Gasteiger partial charge < -0.3 is 4.74 Å². The van der Waals surface area contributed by atoms with Gasteiger partial charge in [-0.25, -0.2) is 4.79 Å². The molecule has 0 aliphatic heterocycles. The van der Waals surface area contributed by atoms with Crippen molar-refractivity contribution in [1.82, 2.24) is 0 Å². The van der Waals surface area contributed by atoms with E-state index in [1.807, 2.05) is 37.3 Å². The zero-order valence-corrected chi connectivity index (χ0v) is 11.6. The number of carbonyl (C=O) groups excluding carboxylic acids is 1. The largest absolute Gasteiger partial charge is 0.462 e. The molecule has 100 valence electrons. The van der Waals surface area contributed by atoms with Crippen molar-refractivity contribution in [3.8, 4) is 11.8 Å². The summed E-state index contributed by atoms with van der Waals surface area (Å²) in [6.45, 7) is 4.46. The molecule has 1 aromatic rings. The predicted octanol–water partition coefficient (Wildman–Crippen LogP) is 3.83. The molecule has 1 aromatic carbocycles. The zero-order chi connectivity index (χ0) is 13.9. The smallest absolute Gasteiger partial charge is 0.346 e. The standard InChI is InChI=1S/C17H20O2/c1-3-5-7-12-16(17(18)19-13-4-2)14-15-10-8-6-9-11-15/h6,8-11,14H,3-5,13H2,1-2H3. The van der Waals surface area contributed by atoms with E-state index in [-0.39, 0.29) is 5.97 Å². The zero-order valence-electron chi connectivity index (χ0n) is 11.6. The van der Waals surface area contributed by atoms with E-state index < -0.39 is 0 Å². The maximum atomic E-state index is 11.9. The number of rotatable bonds is 5. The summed E-state index contributed by atoms with van der Waals surface area (Å²) in [6, 6.07) is 9.68. The van der Waals surface area contributed by atoms with E-state index in [0.29, 0.717) is 12.2 Å². The summed E-state index contributed by atoms with van der Waals surface area (Å²) in [7, 11) is 0. The minimum Gasteiger partial charge on any atom is -0.462 e. The molecule has 0 saturated heterocycles. The number of ether oxygens (including phenoxy) is 1. The molecule has 0 spiro atoms. The van der Waals surface area contributed by atoms with Crippen LogP contribution in [-0.2, 0) is 9.53 Å². The summed E-state index contributed by atoms with van der Waals surface area (Å²) in [5, 5.41) is 0. The highest BCUT2D eigenvalue weighted by Gasteiger charge is 2.08. The van der Waals surface area contributed by atoms with E-state index >= 15 is 0 Å². The van der Waals surface area contributed by atoms with Crippen LogP contribution in [0.5, 0.6) is 0 Å². The quantitative estimate of drug-likeness (QED) is 0.454. The summed E-state index contributed by atoms with van der Waals surface area (Å²) in [5.74, 6) is 5.57. The molecule has 0 N–H and O–H groups in total. The SMILES string of the molecule is CCCC#CC(=Cc1ccccc1)C(=O)OCCC. The van der Waals surface area contributed by atoms with Crippen LogP contribution < -0.4 is 0 Å². The van der Waals surface area contributed by atoms with Crippen LogP contribution in [0.2, 0.25) is 0 Å². The average molecular weight is 256 g/mol. The molecule has 0 heterocycles. The van der Waals surface area contributed by atoms with Crippen molar-refractivity contribution >= 4 is 12.0 Å². The third-order valence-electron chi connectivity index (χ3n) is 2.37. The minimum absolute atomic E-state index is 0.339. The van der Waals surface area contributed by atoms with Crippen molar-refractivity contribution < 1.29 is 9.53 Å². The fraction of sp³-hybridized carbons (Fsp3) is 0.353. The van der Waals surface area contributed by atoms with Gasteiger partial charge in [-0.1, -0.05) is 56.0 Å². The first-order chi connectivity index (χ1) is 9.27. The molecule has 19 heavy (non-hydrogen) atoms. The van der Waals surface area contributed by atoms with Crippen LogP contribution in [0.1, 0.15) is 38.7 Å². The molecule has 1 rings (SSSR count). The van der Waals surface area contributed by atoms with Crippen LogP contribution in [-0.4, -0.2) is 12.6 Å². The summed E-state index contributed by atoms with van der Waals surface area (Å²) in [4.78, 5) is 11.9. The van der Waals surface area contributed by atoms with Crippen molar-refractivity contribution in [2.75, 3.05) is 6.61 Å². The van der Waals surface area contributed by atoms with Gasteiger partial charge in [-0.15, -0.1) is 0 Å². The Bertz CT molecular complexity index is 475. The van der Waals surface area contributed by atoms with E-state index in [1.54, 1.807) is 6.08 Å². The summed E-state index contributed by atoms with van der Waals surface area (Å²) in [6.07, 6.45) is 4.36. The minimum atomic E-state index is -0.339. The molecule has 0 aliphatic carbocycles. The first-order valence-electron chi connectivity index (χ1n) is 6.70. The second-order valence-corrected chi connectivity index (χ2v) is 4.16. The fourth-order valence-electron chi connectivity index (χ4n) is 1.42. The van der Waals surface area contributed by atoms with Gasteiger partial charge in [-0.3, -0.25) is 0 Å². The van der Waals surface area contributed by atoms with Crippen LogP contribution in [0.25, 0.3) is 6.08 Å². The Balaban J connectivity index is 2.89. The molecule has 2 nitrogen and oxygen atoms in total. The average Bonchev–Trinajstić information content (AvgIpc) is 2.45. The molecule has 0 amide bonds. The molecule has 0 aliphatic rings. The Morgan fingerprint density at radius 2 is 1.95 bits per heavy atom. The van der Waals surface area contributed by atoms with Crippen LogP contribution >= 0.6 is 0 Å². The van der Waals surface area contributed by atoms with Crippen LogP contribution in [0.3, 0.4) is 0 Å². The van der Waals surface area contributed by atoms with Gasteiger partial charge in [0.05, 0.1) is 6.61 Å². The molecule has 2 heteroatoms. The van der Waals surface area contributed by atoms with Crippen molar-refractivity contribution in [3.63, 3.8) is 0 Å². The van der Waals surface area contributed by atoms with Crippen LogP contribution in [0, 0.1) is 11.8 Å². The lowest BCUT2D eigenvalue weighted by molar-refractivity contribution is -0.138. The topological polar surface area (TPSA) is 26.3 Å². The number of carbonyl (C=O) groups is 1. The van der Waals surface area contributed by atoms with Gasteiger partial charge in [-0.05, 0) is 24.5 Å². The summed E-state index contributed by atoms with van der Waals surface area (Å²) < 4.78 is 5.15. The molecule has 0 saturated carbocycles. The van der Waals surface area contributed by atoms with Crippen LogP contribution in [0.4, 0.5) is 0 Å². The van der Waals surface area contributed by atoms with Gasteiger partial charge in [0.1, 0.15) is 5.57 Å². The van der Waals surface area contributed by atoms with E-state index in [9.17, 15) is 4.79 Å². The molecule has 0 fully saturated rings. The highest BCUT2D eigenvalue weighted by atomic mass is 16.5. The van der Waals surface area contributed by atoms with E-state index in [4.69, 9.17) is 4.74 Å². The highest BCUT2D eigenvalue weighted by molar-refractivity contribution is 5.98. The molecule has 0 aromatic heterocycles. The molecule has 0 bridgehead atoms. The number of esters is 1. The van der Waals surface area contributed by atoms with E-state index in [0.717, 1.165) is 24.8 Å². The van der Waals surface area contributed by atoms with Crippen LogP contribution in [0.15, 0.2) is 35.9 Å². The Labute approximate surface area is 115 Å². The van der Waals surface area contributed by atoms with Gasteiger partial charge in [0.25, 0.3) is 0 Å². The van der Waals surface area contributed by atoms with Gasteiger partial charge in [-0.2, -0.15) is 0 Å². The maximum Gasteiger partial charge on any atom is 0.346 e. The van der Waals surface area contributed by atoms with Gasteiger partial charge in [0.2, 0.25) is 0 Å².